The van der Waals surface area contributed by atoms with E-state index in [2.05, 4.69) is 52.0 Å². The SMILES string of the molecule is Cc1ccc(-n2nc(C)c3sc(N4CCN(C(=O)c5ccccc5Br)CC4)nc32)cc1. The number of nitrogens with zero attached hydrogens (tertiary/aromatic N) is 5. The van der Waals surface area contributed by atoms with Crippen LogP contribution in [0.3, 0.4) is 0 Å². The number of hydrogen-bond acceptors (Lipinski definition) is 5. The number of thiazole rings is 1. The first-order valence-corrected chi connectivity index (χ1v) is 11.8. The van der Waals surface area contributed by atoms with Gasteiger partial charge in [0.15, 0.2) is 10.8 Å². The Balaban J connectivity index is 1.35. The van der Waals surface area contributed by atoms with Crippen LogP contribution in [0.4, 0.5) is 5.13 Å². The van der Waals surface area contributed by atoms with Gasteiger partial charge in [0.25, 0.3) is 5.91 Å². The predicted octanol–water partition coefficient (Wildman–Crippen LogP) is 4.82. The summed E-state index contributed by atoms with van der Waals surface area (Å²) in [5.41, 5.74) is 4.84. The van der Waals surface area contributed by atoms with Crippen LogP contribution in [0.15, 0.2) is 53.0 Å². The highest BCUT2D eigenvalue weighted by Crippen LogP contribution is 2.33. The molecule has 8 heteroatoms. The van der Waals surface area contributed by atoms with E-state index in [4.69, 9.17) is 10.1 Å². The summed E-state index contributed by atoms with van der Waals surface area (Å²) in [5, 5.41) is 5.69. The number of amides is 1. The molecule has 1 saturated heterocycles. The monoisotopic (exact) mass is 495 g/mol. The maximum Gasteiger partial charge on any atom is 0.255 e. The van der Waals surface area contributed by atoms with E-state index in [0.29, 0.717) is 18.7 Å². The van der Waals surface area contributed by atoms with Gasteiger partial charge >= 0.3 is 0 Å². The van der Waals surface area contributed by atoms with E-state index in [0.717, 1.165) is 44.4 Å². The third-order valence-corrected chi connectivity index (χ3v) is 7.50. The summed E-state index contributed by atoms with van der Waals surface area (Å²) in [4.78, 5) is 22.0. The van der Waals surface area contributed by atoms with Crippen molar-refractivity contribution < 1.29 is 4.79 Å². The maximum atomic E-state index is 12.9. The third-order valence-electron chi connectivity index (χ3n) is 5.60. The van der Waals surface area contributed by atoms with Crippen molar-refractivity contribution in [2.45, 2.75) is 13.8 Å². The van der Waals surface area contributed by atoms with Crippen molar-refractivity contribution >= 4 is 48.7 Å². The number of fused-ring (bicyclic) bond motifs is 1. The number of carbonyl (C=O) groups is 1. The van der Waals surface area contributed by atoms with E-state index in [-0.39, 0.29) is 5.91 Å². The van der Waals surface area contributed by atoms with Crippen LogP contribution >= 0.6 is 27.3 Å². The highest BCUT2D eigenvalue weighted by atomic mass is 79.9. The number of aromatic nitrogens is 3. The number of aryl methyl sites for hydroxylation is 2. The number of piperazine rings is 1. The molecule has 4 aromatic rings. The summed E-state index contributed by atoms with van der Waals surface area (Å²) in [5.74, 6) is 0.0716. The van der Waals surface area contributed by atoms with Crippen LogP contribution in [0, 0.1) is 13.8 Å². The van der Waals surface area contributed by atoms with Gasteiger partial charge in [-0.05, 0) is 54.0 Å². The molecule has 1 amide bonds. The van der Waals surface area contributed by atoms with Gasteiger partial charge in [-0.3, -0.25) is 4.79 Å². The molecule has 31 heavy (non-hydrogen) atoms. The maximum absolute atomic E-state index is 12.9. The quantitative estimate of drug-likeness (QED) is 0.408. The van der Waals surface area contributed by atoms with Crippen LogP contribution in [0.2, 0.25) is 0 Å². The Morgan fingerprint density at radius 2 is 1.71 bits per heavy atom. The molecule has 2 aromatic carbocycles. The molecule has 0 unspecified atom stereocenters. The number of halogens is 1. The van der Waals surface area contributed by atoms with Crippen LogP contribution in [0.25, 0.3) is 16.0 Å². The molecule has 0 bridgehead atoms. The molecule has 6 nitrogen and oxygen atoms in total. The lowest BCUT2D eigenvalue weighted by Crippen LogP contribution is -2.48. The molecule has 0 N–H and O–H groups in total. The van der Waals surface area contributed by atoms with Crippen molar-refractivity contribution in [3.05, 3.63) is 69.8 Å². The minimum atomic E-state index is 0.0716. The molecule has 1 aliphatic rings. The standard InChI is InChI=1S/C23H22BrN5OS/c1-15-7-9-17(10-8-15)29-21-20(16(2)26-29)31-23(25-21)28-13-11-27(12-14-28)22(30)18-5-3-4-6-19(18)24/h3-10H,11-14H2,1-2H3. The Hall–Kier alpha value is -2.71. The molecule has 5 rings (SSSR count). The fourth-order valence-electron chi connectivity index (χ4n) is 3.83. The Morgan fingerprint density at radius 3 is 2.42 bits per heavy atom. The van der Waals surface area contributed by atoms with E-state index in [9.17, 15) is 4.79 Å². The molecule has 3 heterocycles. The number of rotatable bonds is 3. The molecule has 1 fully saturated rings. The molecule has 0 atom stereocenters. The largest absolute Gasteiger partial charge is 0.344 e. The van der Waals surface area contributed by atoms with Crippen molar-refractivity contribution in [2.24, 2.45) is 0 Å². The number of benzene rings is 2. The first-order chi connectivity index (χ1) is 15.0. The lowest BCUT2D eigenvalue weighted by molar-refractivity contribution is 0.0746. The minimum Gasteiger partial charge on any atom is -0.344 e. The van der Waals surface area contributed by atoms with Gasteiger partial charge in [0.05, 0.1) is 21.6 Å². The topological polar surface area (TPSA) is 54.3 Å². The fraction of sp³-hybridized carbons (Fsp3) is 0.261. The van der Waals surface area contributed by atoms with Gasteiger partial charge in [0, 0.05) is 30.7 Å². The minimum absolute atomic E-state index is 0.0716. The van der Waals surface area contributed by atoms with Gasteiger partial charge in [-0.15, -0.1) is 0 Å². The average molecular weight is 496 g/mol. The Bertz CT molecular complexity index is 1250. The zero-order chi connectivity index (χ0) is 21.5. The zero-order valence-electron chi connectivity index (χ0n) is 17.4. The second-order valence-electron chi connectivity index (χ2n) is 7.74. The molecule has 1 aliphatic heterocycles. The van der Waals surface area contributed by atoms with Crippen LogP contribution in [0.5, 0.6) is 0 Å². The lowest BCUT2D eigenvalue weighted by Gasteiger charge is -2.34. The van der Waals surface area contributed by atoms with Gasteiger partial charge < -0.3 is 9.80 Å². The van der Waals surface area contributed by atoms with Crippen molar-refractivity contribution in [3.8, 4) is 5.69 Å². The van der Waals surface area contributed by atoms with Gasteiger partial charge in [-0.1, -0.05) is 41.2 Å². The second-order valence-corrected chi connectivity index (χ2v) is 9.57. The van der Waals surface area contributed by atoms with Crippen LogP contribution in [0.1, 0.15) is 21.6 Å². The van der Waals surface area contributed by atoms with Crippen LogP contribution in [-0.2, 0) is 0 Å². The molecule has 2 aromatic heterocycles. The average Bonchev–Trinajstić information content (AvgIpc) is 3.35. The van der Waals surface area contributed by atoms with Gasteiger partial charge in [-0.25, -0.2) is 4.68 Å². The predicted molar refractivity (Wildman–Crippen MR) is 128 cm³/mol. The number of carbonyl (C=O) groups excluding carboxylic acids is 1. The summed E-state index contributed by atoms with van der Waals surface area (Å²) in [6.45, 7) is 7.00. The van der Waals surface area contributed by atoms with Gasteiger partial charge in [-0.2, -0.15) is 10.1 Å². The lowest BCUT2D eigenvalue weighted by atomic mass is 10.2. The van der Waals surface area contributed by atoms with Crippen molar-refractivity contribution in [2.75, 3.05) is 31.1 Å². The van der Waals surface area contributed by atoms with Gasteiger partial charge in [0.1, 0.15) is 0 Å². The summed E-state index contributed by atoms with van der Waals surface area (Å²) in [6, 6.07) is 15.9. The highest BCUT2D eigenvalue weighted by Gasteiger charge is 2.26. The molecular formula is C23H22BrN5OS. The Morgan fingerprint density at radius 1 is 1.00 bits per heavy atom. The van der Waals surface area contributed by atoms with E-state index in [1.165, 1.54) is 5.56 Å². The van der Waals surface area contributed by atoms with Crippen molar-refractivity contribution in [1.29, 1.82) is 0 Å². The Labute approximate surface area is 193 Å². The smallest absolute Gasteiger partial charge is 0.255 e. The van der Waals surface area contributed by atoms with Crippen molar-refractivity contribution in [3.63, 3.8) is 0 Å². The number of anilines is 1. The fourth-order valence-corrected chi connectivity index (χ4v) is 5.32. The summed E-state index contributed by atoms with van der Waals surface area (Å²) >= 11 is 5.17. The third kappa shape index (κ3) is 3.74. The molecular weight excluding hydrogens is 474 g/mol. The van der Waals surface area contributed by atoms with E-state index in [1.807, 2.05) is 40.8 Å². The molecule has 0 radical (unpaired) electrons. The van der Waals surface area contributed by atoms with E-state index >= 15 is 0 Å². The van der Waals surface area contributed by atoms with Crippen molar-refractivity contribution in [1.82, 2.24) is 19.7 Å². The molecule has 158 valence electrons. The first kappa shape index (κ1) is 20.2. The summed E-state index contributed by atoms with van der Waals surface area (Å²) < 4.78 is 3.88. The Kier molecular flexibility index (Phi) is 5.27. The molecule has 0 aliphatic carbocycles. The van der Waals surface area contributed by atoms with E-state index in [1.54, 1.807) is 11.3 Å². The normalized spacial score (nSPS) is 14.4. The number of hydrogen-bond donors (Lipinski definition) is 0. The van der Waals surface area contributed by atoms with Gasteiger partial charge in [0.2, 0.25) is 0 Å². The first-order valence-electron chi connectivity index (χ1n) is 10.2. The second kappa shape index (κ2) is 8.09. The van der Waals surface area contributed by atoms with Crippen LogP contribution < -0.4 is 4.90 Å². The van der Waals surface area contributed by atoms with Crippen LogP contribution in [-0.4, -0.2) is 51.8 Å². The zero-order valence-corrected chi connectivity index (χ0v) is 19.8. The summed E-state index contributed by atoms with van der Waals surface area (Å²) in [7, 11) is 0. The van der Waals surface area contributed by atoms with E-state index < -0.39 is 0 Å². The highest BCUT2D eigenvalue weighted by molar-refractivity contribution is 9.10. The molecule has 0 spiro atoms. The molecule has 0 saturated carbocycles. The summed E-state index contributed by atoms with van der Waals surface area (Å²) in [6.07, 6.45) is 0.